The zero-order valence-electron chi connectivity index (χ0n) is 13.1. The first-order chi connectivity index (χ1) is 11.6. The van der Waals surface area contributed by atoms with E-state index in [0.717, 1.165) is 38.6 Å². The Morgan fingerprint density at radius 1 is 1.12 bits per heavy atom. The molecule has 1 aromatic heterocycles. The average Bonchev–Trinajstić information content (AvgIpc) is 3.04. The Bertz CT molecular complexity index is 951. The standard InChI is InChI=1S/C19H15BrClN3/c1-11-2-3-13-9-15(19(21)22-16(13)8-11)18-10-17(23-24-18)12-4-6-14(20)7-5-12/h2-9,18,24H,10H2,1H3/t18-/m0/s1. The summed E-state index contributed by atoms with van der Waals surface area (Å²) in [6.45, 7) is 2.06. The van der Waals surface area contributed by atoms with Crippen LogP contribution in [0, 0.1) is 6.92 Å². The molecule has 0 spiro atoms. The summed E-state index contributed by atoms with van der Waals surface area (Å²) in [7, 11) is 0. The number of pyridine rings is 1. The smallest absolute Gasteiger partial charge is 0.135 e. The van der Waals surface area contributed by atoms with E-state index >= 15 is 0 Å². The summed E-state index contributed by atoms with van der Waals surface area (Å²) in [5, 5.41) is 6.13. The Hall–Kier alpha value is -1.91. The number of hydrogen-bond donors (Lipinski definition) is 1. The van der Waals surface area contributed by atoms with Crippen molar-refractivity contribution in [3.8, 4) is 0 Å². The summed E-state index contributed by atoms with van der Waals surface area (Å²) in [6, 6.07) is 16.6. The third-order valence-corrected chi connectivity index (χ3v) is 5.09. The highest BCUT2D eigenvalue weighted by molar-refractivity contribution is 9.10. The lowest BCUT2D eigenvalue weighted by Gasteiger charge is -2.13. The number of benzene rings is 2. The predicted molar refractivity (Wildman–Crippen MR) is 103 cm³/mol. The molecule has 0 bridgehead atoms. The van der Waals surface area contributed by atoms with Crippen LogP contribution in [0.2, 0.25) is 5.15 Å². The van der Waals surface area contributed by atoms with Crippen molar-refractivity contribution in [2.45, 2.75) is 19.4 Å². The third kappa shape index (κ3) is 2.92. The highest BCUT2D eigenvalue weighted by Gasteiger charge is 2.24. The van der Waals surface area contributed by atoms with Crippen LogP contribution in [0.1, 0.15) is 29.2 Å². The van der Waals surface area contributed by atoms with Gasteiger partial charge in [0.05, 0.1) is 17.3 Å². The van der Waals surface area contributed by atoms with Crippen molar-refractivity contribution in [1.29, 1.82) is 0 Å². The molecule has 2 heterocycles. The van der Waals surface area contributed by atoms with Gasteiger partial charge in [0, 0.05) is 21.8 Å². The maximum atomic E-state index is 6.44. The largest absolute Gasteiger partial charge is 0.302 e. The summed E-state index contributed by atoms with van der Waals surface area (Å²) in [6.07, 6.45) is 0.792. The van der Waals surface area contributed by atoms with Crippen LogP contribution in [0.25, 0.3) is 10.9 Å². The molecule has 1 atom stereocenters. The number of aromatic nitrogens is 1. The van der Waals surface area contributed by atoms with Crippen LogP contribution in [-0.2, 0) is 0 Å². The van der Waals surface area contributed by atoms with Gasteiger partial charge < -0.3 is 5.43 Å². The molecule has 3 aromatic rings. The van der Waals surface area contributed by atoms with Crippen LogP contribution in [0.5, 0.6) is 0 Å². The van der Waals surface area contributed by atoms with Gasteiger partial charge in [-0.3, -0.25) is 0 Å². The maximum Gasteiger partial charge on any atom is 0.135 e. The molecule has 0 radical (unpaired) electrons. The van der Waals surface area contributed by atoms with Crippen LogP contribution in [0.3, 0.4) is 0 Å². The zero-order valence-corrected chi connectivity index (χ0v) is 15.4. The topological polar surface area (TPSA) is 37.3 Å². The van der Waals surface area contributed by atoms with Gasteiger partial charge in [-0.1, -0.05) is 51.8 Å². The first-order valence-corrected chi connectivity index (χ1v) is 8.92. The number of halogens is 2. The first-order valence-electron chi connectivity index (χ1n) is 7.75. The van der Waals surface area contributed by atoms with E-state index in [2.05, 4.69) is 74.8 Å². The number of nitrogens with zero attached hydrogens (tertiary/aromatic N) is 2. The van der Waals surface area contributed by atoms with Crippen LogP contribution >= 0.6 is 27.5 Å². The zero-order chi connectivity index (χ0) is 16.7. The molecule has 0 unspecified atom stereocenters. The SMILES string of the molecule is Cc1ccc2cc([C@@H]3CC(c4ccc(Br)cc4)=NN3)c(Cl)nc2c1. The monoisotopic (exact) mass is 399 g/mol. The number of fused-ring (bicyclic) bond motifs is 1. The minimum Gasteiger partial charge on any atom is -0.302 e. The lowest BCUT2D eigenvalue weighted by Crippen LogP contribution is -2.11. The van der Waals surface area contributed by atoms with Crippen molar-refractivity contribution in [3.63, 3.8) is 0 Å². The molecule has 0 aliphatic carbocycles. The first kappa shape index (κ1) is 15.6. The van der Waals surface area contributed by atoms with Gasteiger partial charge in [-0.15, -0.1) is 0 Å². The van der Waals surface area contributed by atoms with Gasteiger partial charge in [-0.2, -0.15) is 5.10 Å². The van der Waals surface area contributed by atoms with E-state index in [1.807, 2.05) is 12.1 Å². The summed E-state index contributed by atoms with van der Waals surface area (Å²) in [4.78, 5) is 4.56. The third-order valence-electron chi connectivity index (χ3n) is 4.26. The molecule has 0 saturated carbocycles. The fraction of sp³-hybridized carbons (Fsp3) is 0.158. The molecule has 0 amide bonds. The van der Waals surface area contributed by atoms with Crippen molar-refractivity contribution in [2.24, 2.45) is 5.10 Å². The number of nitrogens with one attached hydrogen (secondary N) is 1. The normalized spacial score (nSPS) is 17.0. The van der Waals surface area contributed by atoms with Gasteiger partial charge in [-0.25, -0.2) is 4.98 Å². The van der Waals surface area contributed by atoms with Gasteiger partial charge in [0.2, 0.25) is 0 Å². The Morgan fingerprint density at radius 3 is 2.71 bits per heavy atom. The molecule has 2 aromatic carbocycles. The fourth-order valence-corrected chi connectivity index (χ4v) is 3.50. The molecule has 120 valence electrons. The van der Waals surface area contributed by atoms with Crippen LogP contribution < -0.4 is 5.43 Å². The van der Waals surface area contributed by atoms with Crippen molar-refractivity contribution >= 4 is 44.1 Å². The molecule has 3 nitrogen and oxygen atoms in total. The fourth-order valence-electron chi connectivity index (χ4n) is 2.96. The second-order valence-corrected chi connectivity index (χ2v) is 7.29. The minimum absolute atomic E-state index is 0.0503. The van der Waals surface area contributed by atoms with Gasteiger partial charge in [0.1, 0.15) is 5.15 Å². The summed E-state index contributed by atoms with van der Waals surface area (Å²) >= 11 is 9.90. The number of aryl methyl sites for hydroxylation is 1. The van der Waals surface area contributed by atoms with Crippen LogP contribution in [0.4, 0.5) is 0 Å². The van der Waals surface area contributed by atoms with Crippen LogP contribution in [0.15, 0.2) is 58.1 Å². The molecule has 24 heavy (non-hydrogen) atoms. The lowest BCUT2D eigenvalue weighted by molar-refractivity contribution is 0.619. The molecule has 5 heteroatoms. The Balaban J connectivity index is 1.64. The van der Waals surface area contributed by atoms with E-state index < -0.39 is 0 Å². The molecular formula is C19H15BrClN3. The quantitative estimate of drug-likeness (QED) is 0.585. The van der Waals surface area contributed by atoms with Gasteiger partial charge in [0.15, 0.2) is 0 Å². The van der Waals surface area contributed by atoms with E-state index in [4.69, 9.17) is 11.6 Å². The molecule has 0 fully saturated rings. The second kappa shape index (κ2) is 6.19. The molecule has 4 rings (SSSR count). The Kier molecular flexibility index (Phi) is 4.02. The van der Waals surface area contributed by atoms with E-state index in [1.165, 1.54) is 5.56 Å². The summed E-state index contributed by atoms with van der Waals surface area (Å²) in [5.41, 5.74) is 8.45. The average molecular weight is 401 g/mol. The molecule has 1 aliphatic heterocycles. The van der Waals surface area contributed by atoms with Crippen molar-refractivity contribution < 1.29 is 0 Å². The minimum atomic E-state index is 0.0503. The van der Waals surface area contributed by atoms with Crippen LogP contribution in [-0.4, -0.2) is 10.7 Å². The van der Waals surface area contributed by atoms with Crippen molar-refractivity contribution in [3.05, 3.63) is 74.8 Å². The van der Waals surface area contributed by atoms with E-state index in [-0.39, 0.29) is 6.04 Å². The Labute approximate surface area is 153 Å². The predicted octanol–water partition coefficient (Wildman–Crippen LogP) is 5.40. The summed E-state index contributed by atoms with van der Waals surface area (Å²) < 4.78 is 1.06. The maximum absolute atomic E-state index is 6.44. The van der Waals surface area contributed by atoms with E-state index in [1.54, 1.807) is 0 Å². The second-order valence-electron chi connectivity index (χ2n) is 6.02. The van der Waals surface area contributed by atoms with Gasteiger partial charge in [-0.05, 0) is 42.3 Å². The van der Waals surface area contributed by atoms with E-state index in [9.17, 15) is 0 Å². The molecular weight excluding hydrogens is 386 g/mol. The molecule has 1 aliphatic rings. The van der Waals surface area contributed by atoms with Crippen molar-refractivity contribution in [2.75, 3.05) is 0 Å². The number of hydrogen-bond acceptors (Lipinski definition) is 3. The highest BCUT2D eigenvalue weighted by Crippen LogP contribution is 2.31. The Morgan fingerprint density at radius 2 is 1.92 bits per heavy atom. The molecule has 0 saturated heterocycles. The summed E-state index contributed by atoms with van der Waals surface area (Å²) in [5.74, 6) is 0. The lowest BCUT2D eigenvalue weighted by atomic mass is 9.99. The molecule has 1 N–H and O–H groups in total. The number of hydrazone groups is 1. The van der Waals surface area contributed by atoms with E-state index in [0.29, 0.717) is 5.15 Å². The van der Waals surface area contributed by atoms with Gasteiger partial charge in [0.25, 0.3) is 0 Å². The highest BCUT2D eigenvalue weighted by atomic mass is 79.9. The van der Waals surface area contributed by atoms with Gasteiger partial charge >= 0.3 is 0 Å². The van der Waals surface area contributed by atoms with Crippen molar-refractivity contribution in [1.82, 2.24) is 10.4 Å². The number of rotatable bonds is 2.